The number of sulfonamides is 1. The maximum absolute atomic E-state index is 12.7. The second-order valence-corrected chi connectivity index (χ2v) is 5.92. The molecule has 3 N–H and O–H groups in total. The van der Waals surface area contributed by atoms with Gasteiger partial charge in [0, 0.05) is 6.54 Å². The Bertz CT molecular complexity index is 715. The van der Waals surface area contributed by atoms with Crippen molar-refractivity contribution in [2.75, 3.05) is 4.72 Å². The Balaban J connectivity index is 2.33. The lowest BCUT2D eigenvalue weighted by Gasteiger charge is -2.10. The van der Waals surface area contributed by atoms with Gasteiger partial charge in [-0.25, -0.2) is 17.8 Å². The fraction of sp³-hybridized carbons (Fsp3) is 0.154. The zero-order valence-electron chi connectivity index (χ0n) is 10.8. The van der Waals surface area contributed by atoms with Gasteiger partial charge in [-0.15, -0.1) is 0 Å². The molecule has 1 aromatic heterocycles. The molecule has 7 heteroatoms. The second kappa shape index (κ2) is 5.56. The van der Waals surface area contributed by atoms with Gasteiger partial charge in [0.2, 0.25) is 0 Å². The lowest BCUT2D eigenvalue weighted by atomic mass is 10.1. The molecule has 0 saturated carbocycles. The fourth-order valence-corrected chi connectivity index (χ4v) is 3.00. The molecule has 0 aliphatic carbocycles. The Labute approximate surface area is 116 Å². The van der Waals surface area contributed by atoms with Gasteiger partial charge in [0.15, 0.2) is 0 Å². The first-order chi connectivity index (χ1) is 9.42. The van der Waals surface area contributed by atoms with E-state index in [1.54, 1.807) is 19.1 Å². The van der Waals surface area contributed by atoms with Gasteiger partial charge in [0.25, 0.3) is 10.0 Å². The largest absolute Gasteiger partial charge is 0.326 e. The van der Waals surface area contributed by atoms with Crippen molar-refractivity contribution < 1.29 is 12.8 Å². The van der Waals surface area contributed by atoms with Gasteiger partial charge in [-0.1, -0.05) is 12.1 Å². The molecule has 0 saturated heterocycles. The second-order valence-electron chi connectivity index (χ2n) is 4.27. The number of pyridine rings is 1. The van der Waals surface area contributed by atoms with E-state index in [0.717, 1.165) is 17.8 Å². The summed E-state index contributed by atoms with van der Waals surface area (Å²) in [5, 5.41) is 0. The third-order valence-corrected chi connectivity index (χ3v) is 4.25. The van der Waals surface area contributed by atoms with E-state index in [1.165, 1.54) is 12.1 Å². The molecule has 2 rings (SSSR count). The molecule has 0 aliphatic heterocycles. The average molecular weight is 295 g/mol. The lowest BCUT2D eigenvalue weighted by molar-refractivity contribution is 0.599. The molecule has 0 radical (unpaired) electrons. The number of anilines is 1. The number of rotatable bonds is 4. The Kier molecular flexibility index (Phi) is 4.01. The number of aryl methyl sites for hydroxylation is 1. The maximum atomic E-state index is 12.7. The van der Waals surface area contributed by atoms with E-state index in [-0.39, 0.29) is 10.7 Å². The minimum absolute atomic E-state index is 0.0636. The van der Waals surface area contributed by atoms with Crippen molar-refractivity contribution in [2.45, 2.75) is 18.4 Å². The number of nitrogens with one attached hydrogen (secondary N) is 1. The van der Waals surface area contributed by atoms with Crippen LogP contribution in [0.4, 0.5) is 10.2 Å². The van der Waals surface area contributed by atoms with Crippen LogP contribution in [-0.2, 0) is 16.6 Å². The van der Waals surface area contributed by atoms with Gasteiger partial charge >= 0.3 is 0 Å². The van der Waals surface area contributed by atoms with Crippen molar-refractivity contribution in [1.82, 2.24) is 4.98 Å². The topological polar surface area (TPSA) is 85.1 Å². The summed E-state index contributed by atoms with van der Waals surface area (Å²) in [6.07, 6.45) is 0.947. The van der Waals surface area contributed by atoms with E-state index in [1.807, 2.05) is 0 Å². The highest BCUT2D eigenvalue weighted by atomic mass is 32.2. The molecule has 0 bridgehead atoms. The number of benzene rings is 1. The molecule has 2 aromatic rings. The predicted octanol–water partition coefficient (Wildman–Crippen LogP) is 1.79. The van der Waals surface area contributed by atoms with Crippen LogP contribution in [0.25, 0.3) is 0 Å². The molecule has 0 unspecified atom stereocenters. The fourth-order valence-electron chi connectivity index (χ4n) is 1.77. The van der Waals surface area contributed by atoms with Crippen LogP contribution in [0, 0.1) is 12.7 Å². The summed E-state index contributed by atoms with van der Waals surface area (Å²) in [5.41, 5.74) is 6.94. The van der Waals surface area contributed by atoms with E-state index < -0.39 is 15.8 Å². The third-order valence-electron chi connectivity index (χ3n) is 2.73. The Morgan fingerprint density at radius 1 is 1.30 bits per heavy atom. The molecule has 0 fully saturated rings. The first kappa shape index (κ1) is 14.4. The molecule has 0 aliphatic rings. The minimum Gasteiger partial charge on any atom is -0.326 e. The maximum Gasteiger partial charge on any atom is 0.263 e. The van der Waals surface area contributed by atoms with Gasteiger partial charge in [-0.3, -0.25) is 4.72 Å². The number of hydrogen-bond donors (Lipinski definition) is 2. The molecule has 1 aromatic carbocycles. The van der Waals surface area contributed by atoms with Gasteiger partial charge in [-0.2, -0.15) is 0 Å². The summed E-state index contributed by atoms with van der Waals surface area (Å²) in [6.45, 7) is 2.03. The number of nitrogens with two attached hydrogens (primary N) is 1. The van der Waals surface area contributed by atoms with Crippen LogP contribution in [0.3, 0.4) is 0 Å². The van der Waals surface area contributed by atoms with Crippen molar-refractivity contribution in [3.8, 4) is 0 Å². The molecule has 106 valence electrons. The minimum atomic E-state index is -3.76. The van der Waals surface area contributed by atoms with Gasteiger partial charge in [0.05, 0.1) is 11.1 Å². The normalized spacial score (nSPS) is 11.3. The molecule has 0 amide bonds. The van der Waals surface area contributed by atoms with E-state index in [9.17, 15) is 12.8 Å². The quantitative estimate of drug-likeness (QED) is 0.900. The molecule has 1 heterocycles. The zero-order valence-corrected chi connectivity index (χ0v) is 11.6. The third kappa shape index (κ3) is 3.12. The highest BCUT2D eigenvalue weighted by Crippen LogP contribution is 2.19. The van der Waals surface area contributed by atoms with E-state index in [4.69, 9.17) is 5.73 Å². The van der Waals surface area contributed by atoms with E-state index in [0.29, 0.717) is 12.1 Å². The number of halogens is 1. The predicted molar refractivity (Wildman–Crippen MR) is 74.1 cm³/mol. The van der Waals surface area contributed by atoms with Crippen LogP contribution >= 0.6 is 0 Å². The first-order valence-electron chi connectivity index (χ1n) is 5.86. The monoisotopic (exact) mass is 295 g/mol. The highest BCUT2D eigenvalue weighted by Gasteiger charge is 2.17. The summed E-state index contributed by atoms with van der Waals surface area (Å²) < 4.78 is 39.5. The zero-order chi connectivity index (χ0) is 14.8. The summed E-state index contributed by atoms with van der Waals surface area (Å²) >= 11 is 0. The van der Waals surface area contributed by atoms with Crippen molar-refractivity contribution >= 4 is 15.8 Å². The molecule has 0 atom stereocenters. The standard InChI is InChI=1S/C13H14FN3O2S/c1-9-6-10(7-15)2-4-12(9)20(18,19)17-13-5-3-11(14)8-16-13/h2-6,8H,7,15H2,1H3,(H,16,17). The highest BCUT2D eigenvalue weighted by molar-refractivity contribution is 7.92. The summed E-state index contributed by atoms with van der Waals surface area (Å²) in [4.78, 5) is 3.81. The van der Waals surface area contributed by atoms with Crippen LogP contribution in [-0.4, -0.2) is 13.4 Å². The van der Waals surface area contributed by atoms with Crippen LogP contribution in [0.5, 0.6) is 0 Å². The Morgan fingerprint density at radius 2 is 2.05 bits per heavy atom. The van der Waals surface area contributed by atoms with E-state index >= 15 is 0 Å². The number of hydrogen-bond acceptors (Lipinski definition) is 4. The average Bonchev–Trinajstić information content (AvgIpc) is 2.40. The van der Waals surface area contributed by atoms with Crippen molar-refractivity contribution in [3.05, 3.63) is 53.5 Å². The molecule has 20 heavy (non-hydrogen) atoms. The van der Waals surface area contributed by atoms with Crippen LogP contribution in [0.15, 0.2) is 41.4 Å². The lowest BCUT2D eigenvalue weighted by Crippen LogP contribution is -2.15. The number of aromatic nitrogens is 1. The summed E-state index contributed by atoms with van der Waals surface area (Å²) in [7, 11) is -3.76. The van der Waals surface area contributed by atoms with E-state index in [2.05, 4.69) is 9.71 Å². The van der Waals surface area contributed by atoms with Crippen molar-refractivity contribution in [1.29, 1.82) is 0 Å². The van der Waals surface area contributed by atoms with Crippen molar-refractivity contribution in [3.63, 3.8) is 0 Å². The molecule has 0 spiro atoms. The smallest absolute Gasteiger partial charge is 0.263 e. The Morgan fingerprint density at radius 3 is 2.60 bits per heavy atom. The molecular formula is C13H14FN3O2S. The first-order valence-corrected chi connectivity index (χ1v) is 7.34. The van der Waals surface area contributed by atoms with Gasteiger partial charge in [-0.05, 0) is 36.2 Å². The Hall–Kier alpha value is -1.99. The van der Waals surface area contributed by atoms with Gasteiger partial charge < -0.3 is 5.73 Å². The van der Waals surface area contributed by atoms with Crippen LogP contribution in [0.2, 0.25) is 0 Å². The molecule has 5 nitrogen and oxygen atoms in total. The number of nitrogens with zero attached hydrogens (tertiary/aromatic N) is 1. The van der Waals surface area contributed by atoms with Gasteiger partial charge in [0.1, 0.15) is 11.6 Å². The summed E-state index contributed by atoms with van der Waals surface area (Å²) in [6, 6.07) is 7.25. The summed E-state index contributed by atoms with van der Waals surface area (Å²) in [5.74, 6) is -0.467. The van der Waals surface area contributed by atoms with Crippen molar-refractivity contribution in [2.24, 2.45) is 5.73 Å². The van der Waals surface area contributed by atoms with Crippen LogP contribution < -0.4 is 10.5 Å². The van der Waals surface area contributed by atoms with Crippen LogP contribution in [0.1, 0.15) is 11.1 Å². The molecular weight excluding hydrogens is 281 g/mol. The SMILES string of the molecule is Cc1cc(CN)ccc1S(=O)(=O)Nc1ccc(F)cn1.